The summed E-state index contributed by atoms with van der Waals surface area (Å²) in [6.07, 6.45) is 5.88. The number of rotatable bonds is 14. The predicted molar refractivity (Wildman–Crippen MR) is 204 cm³/mol. The van der Waals surface area contributed by atoms with Gasteiger partial charge in [0.1, 0.15) is 11.1 Å². The van der Waals surface area contributed by atoms with Gasteiger partial charge in [-0.2, -0.15) is 0 Å². The standard InChI is InChI=1S/C39H52ClN3O7Si/c1-28(2)17-19-39(36(45)41-49-26-29-13-10-9-11-14-29)18-12-20-43(39)35(44)34(48-27-47-21-22-51(6,7)8)23-30-25-42(37(46)50-38(3,4)5)33-24-31(40)15-16-32(30)33/h9-11,13-17,23-25H,12,18-22,26-27H2,1-8H3,(H,41,45)/b34-23+/t39-/m1/s1. The Balaban J connectivity index is 1.73. The summed E-state index contributed by atoms with van der Waals surface area (Å²) in [6, 6.07) is 15.6. The Kier molecular flexibility index (Phi) is 13.4. The van der Waals surface area contributed by atoms with Crippen LogP contribution in [0.2, 0.25) is 30.7 Å². The lowest BCUT2D eigenvalue weighted by Gasteiger charge is -2.36. The predicted octanol–water partition coefficient (Wildman–Crippen LogP) is 8.71. The van der Waals surface area contributed by atoms with Gasteiger partial charge in [-0.1, -0.05) is 79.3 Å². The Morgan fingerprint density at radius 1 is 1.06 bits per heavy atom. The summed E-state index contributed by atoms with van der Waals surface area (Å²) < 4.78 is 19.0. The zero-order valence-corrected chi connectivity index (χ0v) is 32.9. The molecule has 1 fully saturated rings. The minimum Gasteiger partial charge on any atom is -0.462 e. The molecule has 1 saturated heterocycles. The van der Waals surface area contributed by atoms with Crippen molar-refractivity contribution in [1.29, 1.82) is 0 Å². The Bertz CT molecular complexity index is 1750. The molecule has 276 valence electrons. The van der Waals surface area contributed by atoms with Crippen LogP contribution in [-0.4, -0.2) is 66.5 Å². The molecular formula is C39H52ClN3O7Si. The third kappa shape index (κ3) is 11.0. The van der Waals surface area contributed by atoms with Crippen LogP contribution in [0.1, 0.15) is 65.0 Å². The van der Waals surface area contributed by atoms with E-state index in [4.69, 9.17) is 30.6 Å². The van der Waals surface area contributed by atoms with Crippen molar-refractivity contribution in [3.63, 3.8) is 0 Å². The van der Waals surface area contributed by atoms with Crippen LogP contribution < -0.4 is 5.48 Å². The minimum atomic E-state index is -1.37. The summed E-state index contributed by atoms with van der Waals surface area (Å²) in [7, 11) is -1.37. The van der Waals surface area contributed by atoms with Gasteiger partial charge in [0, 0.05) is 43.4 Å². The number of benzene rings is 2. The zero-order chi connectivity index (χ0) is 37.4. The molecule has 0 aliphatic carbocycles. The van der Waals surface area contributed by atoms with Gasteiger partial charge in [-0.05, 0) is 83.7 Å². The van der Waals surface area contributed by atoms with Gasteiger partial charge in [-0.3, -0.25) is 19.0 Å². The van der Waals surface area contributed by atoms with Crippen molar-refractivity contribution < 1.29 is 33.4 Å². The van der Waals surface area contributed by atoms with E-state index in [9.17, 15) is 14.4 Å². The van der Waals surface area contributed by atoms with Crippen molar-refractivity contribution in [2.24, 2.45) is 0 Å². The van der Waals surface area contributed by atoms with Crippen molar-refractivity contribution >= 4 is 54.6 Å². The number of carbonyl (C=O) groups excluding carboxylic acids is 3. The molecule has 1 aliphatic rings. The molecule has 2 heterocycles. The van der Waals surface area contributed by atoms with E-state index in [-0.39, 0.29) is 25.6 Å². The molecule has 0 bridgehead atoms. The molecule has 12 heteroatoms. The molecule has 1 aromatic heterocycles. The summed E-state index contributed by atoms with van der Waals surface area (Å²) in [6.45, 7) is 16.9. The number of carbonyl (C=O) groups is 3. The van der Waals surface area contributed by atoms with E-state index in [1.807, 2.05) is 50.3 Å². The number of nitrogens with zero attached hydrogens (tertiary/aromatic N) is 2. The summed E-state index contributed by atoms with van der Waals surface area (Å²) in [4.78, 5) is 49.3. The Morgan fingerprint density at radius 3 is 2.45 bits per heavy atom. The number of fused-ring (bicyclic) bond motifs is 1. The van der Waals surface area contributed by atoms with E-state index in [2.05, 4.69) is 25.1 Å². The maximum absolute atomic E-state index is 14.7. The normalized spacial score (nSPS) is 16.6. The number of allylic oxidation sites excluding steroid dienone is 1. The summed E-state index contributed by atoms with van der Waals surface area (Å²) in [5.41, 5.74) is 3.62. The highest BCUT2D eigenvalue weighted by Crippen LogP contribution is 2.36. The Labute approximate surface area is 307 Å². The maximum atomic E-state index is 14.7. The molecule has 4 rings (SSSR count). The third-order valence-corrected chi connectivity index (χ3v) is 10.4. The number of hydrogen-bond acceptors (Lipinski definition) is 7. The fourth-order valence-corrected chi connectivity index (χ4v) is 6.65. The minimum absolute atomic E-state index is 0.0253. The Morgan fingerprint density at radius 2 is 1.78 bits per heavy atom. The molecule has 10 nitrogen and oxygen atoms in total. The molecule has 0 radical (unpaired) electrons. The smallest absolute Gasteiger partial charge is 0.419 e. The van der Waals surface area contributed by atoms with Crippen molar-refractivity contribution in [2.45, 2.75) is 97.3 Å². The Hall–Kier alpha value is -3.90. The number of hydrogen-bond donors (Lipinski definition) is 1. The van der Waals surface area contributed by atoms with Gasteiger partial charge in [0.25, 0.3) is 11.8 Å². The van der Waals surface area contributed by atoms with Gasteiger partial charge in [-0.25, -0.2) is 10.3 Å². The number of ether oxygens (including phenoxy) is 3. The lowest BCUT2D eigenvalue weighted by Crippen LogP contribution is -2.57. The molecule has 2 aromatic carbocycles. The summed E-state index contributed by atoms with van der Waals surface area (Å²) in [5, 5.41) is 1.09. The lowest BCUT2D eigenvalue weighted by atomic mass is 9.89. The molecule has 0 saturated carbocycles. The van der Waals surface area contributed by atoms with Crippen molar-refractivity contribution in [2.75, 3.05) is 19.9 Å². The average Bonchev–Trinajstić information content (AvgIpc) is 3.64. The maximum Gasteiger partial charge on any atom is 0.419 e. The molecule has 1 aliphatic heterocycles. The van der Waals surface area contributed by atoms with Crippen molar-refractivity contribution in [3.05, 3.63) is 88.3 Å². The fraction of sp³-hybridized carbons (Fsp3) is 0.462. The second kappa shape index (κ2) is 17.1. The summed E-state index contributed by atoms with van der Waals surface area (Å²) in [5.74, 6) is -0.917. The van der Waals surface area contributed by atoms with Crippen molar-refractivity contribution in [1.82, 2.24) is 14.9 Å². The first-order chi connectivity index (χ1) is 24.0. The lowest BCUT2D eigenvalue weighted by molar-refractivity contribution is -0.154. The molecule has 2 amide bonds. The molecule has 51 heavy (non-hydrogen) atoms. The first kappa shape index (κ1) is 39.9. The third-order valence-electron chi connectivity index (χ3n) is 8.43. The second-order valence-electron chi connectivity index (χ2n) is 15.4. The van der Waals surface area contributed by atoms with E-state index in [1.54, 1.807) is 56.1 Å². The highest BCUT2D eigenvalue weighted by atomic mass is 35.5. The van der Waals surface area contributed by atoms with Gasteiger partial charge in [0.2, 0.25) is 0 Å². The van der Waals surface area contributed by atoms with Gasteiger partial charge in [0.15, 0.2) is 12.6 Å². The highest BCUT2D eigenvalue weighted by Gasteiger charge is 2.50. The van der Waals surface area contributed by atoms with E-state index < -0.39 is 37.1 Å². The number of likely N-dealkylation sites (tertiary alicyclic amines) is 1. The van der Waals surface area contributed by atoms with Gasteiger partial charge >= 0.3 is 6.09 Å². The topological polar surface area (TPSA) is 108 Å². The summed E-state index contributed by atoms with van der Waals surface area (Å²) >= 11 is 6.36. The van der Waals surface area contributed by atoms with Crippen LogP contribution in [0.5, 0.6) is 0 Å². The van der Waals surface area contributed by atoms with Crippen LogP contribution in [0.25, 0.3) is 17.0 Å². The van der Waals surface area contributed by atoms with Crippen LogP contribution in [0.3, 0.4) is 0 Å². The van der Waals surface area contributed by atoms with E-state index in [0.29, 0.717) is 47.5 Å². The van der Waals surface area contributed by atoms with Crippen molar-refractivity contribution in [3.8, 4) is 0 Å². The highest BCUT2D eigenvalue weighted by molar-refractivity contribution is 6.76. The molecule has 3 aromatic rings. The van der Waals surface area contributed by atoms with E-state index >= 15 is 0 Å². The zero-order valence-electron chi connectivity index (χ0n) is 31.1. The van der Waals surface area contributed by atoms with Crippen LogP contribution in [0.4, 0.5) is 4.79 Å². The fourth-order valence-electron chi connectivity index (χ4n) is 5.73. The molecule has 1 atom stereocenters. The van der Waals surface area contributed by atoms with Crippen LogP contribution in [-0.2, 0) is 35.2 Å². The van der Waals surface area contributed by atoms with Gasteiger partial charge in [-0.15, -0.1) is 0 Å². The molecule has 0 unspecified atom stereocenters. The van der Waals surface area contributed by atoms with Crippen LogP contribution in [0.15, 0.2) is 72.1 Å². The molecule has 1 N–H and O–H groups in total. The monoisotopic (exact) mass is 737 g/mol. The van der Waals surface area contributed by atoms with E-state index in [1.165, 1.54) is 4.57 Å². The van der Waals surface area contributed by atoms with Crippen LogP contribution in [0, 0.1) is 0 Å². The van der Waals surface area contributed by atoms with Gasteiger partial charge < -0.3 is 19.1 Å². The largest absolute Gasteiger partial charge is 0.462 e. The number of hydroxylamine groups is 1. The quantitative estimate of drug-likeness (QED) is 0.0335. The van der Waals surface area contributed by atoms with Gasteiger partial charge in [0.05, 0.1) is 12.1 Å². The average molecular weight is 738 g/mol. The first-order valence-corrected chi connectivity index (χ1v) is 21.5. The van der Waals surface area contributed by atoms with Crippen LogP contribution >= 0.6 is 11.6 Å². The number of aromatic nitrogens is 1. The SMILES string of the molecule is CC(C)=CC[C@@]1(C(=O)NOCc2ccccc2)CCCN1C(=O)/C(=C\c1cn(C(=O)OC(C)(C)C)c2cc(Cl)ccc12)OCOCC[Si](C)(C)C. The molecular weight excluding hydrogens is 686 g/mol. The van der Waals surface area contributed by atoms with E-state index in [0.717, 1.165) is 17.2 Å². The molecule has 0 spiro atoms. The number of halogens is 1. The number of amides is 2. The number of nitrogens with one attached hydrogen (secondary N) is 1. The first-order valence-electron chi connectivity index (χ1n) is 17.4. The second-order valence-corrected chi connectivity index (χ2v) is 21.4.